The minimum absolute atomic E-state index is 0.0591. The summed E-state index contributed by atoms with van der Waals surface area (Å²) in [5, 5.41) is 21.4. The first-order valence-corrected chi connectivity index (χ1v) is 7.04. The lowest BCUT2D eigenvalue weighted by atomic mass is 10.0. The number of methoxy groups -OCH3 is 1. The van der Waals surface area contributed by atoms with Crippen molar-refractivity contribution in [1.29, 1.82) is 0 Å². The van der Waals surface area contributed by atoms with Gasteiger partial charge in [0.2, 0.25) is 0 Å². The van der Waals surface area contributed by atoms with Crippen LogP contribution in [0, 0.1) is 0 Å². The summed E-state index contributed by atoms with van der Waals surface area (Å²) in [6.07, 6.45) is 1.43. The van der Waals surface area contributed by atoms with E-state index in [9.17, 15) is 15.0 Å². The second-order valence-corrected chi connectivity index (χ2v) is 5.17. The molecule has 0 unspecified atom stereocenters. The van der Waals surface area contributed by atoms with Crippen LogP contribution in [0.5, 0.6) is 17.2 Å². The van der Waals surface area contributed by atoms with E-state index in [2.05, 4.69) is 0 Å². The Hall–Kier alpha value is -2.69. The summed E-state index contributed by atoms with van der Waals surface area (Å²) in [7, 11) is 1.49. The van der Waals surface area contributed by atoms with Gasteiger partial charge in [-0.2, -0.15) is 0 Å². The average molecular weight is 300 g/mol. The van der Waals surface area contributed by atoms with Crippen LogP contribution >= 0.6 is 0 Å². The van der Waals surface area contributed by atoms with Crippen molar-refractivity contribution in [3.8, 4) is 17.2 Å². The first kappa shape index (κ1) is 14.3. The second kappa shape index (κ2) is 5.26. The Morgan fingerprint density at radius 3 is 2.50 bits per heavy atom. The van der Waals surface area contributed by atoms with Crippen molar-refractivity contribution < 1.29 is 19.4 Å². The van der Waals surface area contributed by atoms with Gasteiger partial charge in [0.25, 0.3) is 0 Å². The molecular weight excluding hydrogens is 284 g/mol. The number of aryl methyl sites for hydroxylation is 1. The van der Waals surface area contributed by atoms with E-state index >= 15 is 0 Å². The van der Waals surface area contributed by atoms with E-state index in [0.717, 1.165) is 6.42 Å². The van der Waals surface area contributed by atoms with Gasteiger partial charge in [0.15, 0.2) is 11.0 Å². The molecule has 0 atom stereocenters. The van der Waals surface area contributed by atoms with E-state index in [0.29, 0.717) is 28.7 Å². The van der Waals surface area contributed by atoms with Gasteiger partial charge in [-0.15, -0.1) is 0 Å². The van der Waals surface area contributed by atoms with Gasteiger partial charge in [0.1, 0.15) is 28.4 Å². The number of hydrogen-bond donors (Lipinski definition) is 2. The number of ether oxygens (including phenoxy) is 1. The molecule has 3 rings (SSSR count). The van der Waals surface area contributed by atoms with Crippen LogP contribution in [-0.4, -0.2) is 17.3 Å². The monoisotopic (exact) mass is 300 g/mol. The van der Waals surface area contributed by atoms with Crippen molar-refractivity contribution in [1.82, 2.24) is 0 Å². The zero-order valence-electron chi connectivity index (χ0n) is 12.3. The molecule has 0 saturated carbocycles. The Morgan fingerprint density at radius 2 is 1.82 bits per heavy atom. The van der Waals surface area contributed by atoms with Crippen molar-refractivity contribution in [3.05, 3.63) is 40.2 Å². The van der Waals surface area contributed by atoms with Crippen molar-refractivity contribution in [2.75, 3.05) is 7.11 Å². The zero-order chi connectivity index (χ0) is 15.9. The molecule has 0 spiro atoms. The summed E-state index contributed by atoms with van der Waals surface area (Å²) in [5.41, 5.74) is -0.120. The third kappa shape index (κ3) is 2.15. The highest BCUT2D eigenvalue weighted by molar-refractivity contribution is 6.10. The van der Waals surface area contributed by atoms with Gasteiger partial charge in [-0.1, -0.05) is 6.92 Å². The molecule has 114 valence electrons. The van der Waals surface area contributed by atoms with Gasteiger partial charge in [-0.3, -0.25) is 4.79 Å². The quantitative estimate of drug-likeness (QED) is 0.725. The highest BCUT2D eigenvalue weighted by Gasteiger charge is 2.16. The van der Waals surface area contributed by atoms with Crippen LogP contribution in [0.25, 0.3) is 21.7 Å². The topological polar surface area (TPSA) is 79.9 Å². The number of benzene rings is 2. The maximum absolute atomic E-state index is 12.2. The van der Waals surface area contributed by atoms with Gasteiger partial charge >= 0.3 is 0 Å². The molecule has 1 heterocycles. The van der Waals surface area contributed by atoms with E-state index in [1.807, 2.05) is 6.92 Å². The SMILES string of the molecule is CCCc1cc(=O)c2c(O)cc3cc(OC)cc(O)c3c2o1. The van der Waals surface area contributed by atoms with Gasteiger partial charge in [0.05, 0.1) is 12.5 Å². The molecule has 0 amide bonds. The lowest BCUT2D eigenvalue weighted by molar-refractivity contribution is 0.409. The largest absolute Gasteiger partial charge is 0.507 e. The zero-order valence-corrected chi connectivity index (χ0v) is 12.3. The molecule has 22 heavy (non-hydrogen) atoms. The molecule has 0 aliphatic heterocycles. The summed E-state index contributed by atoms with van der Waals surface area (Å²) >= 11 is 0. The number of fused-ring (bicyclic) bond motifs is 3. The fourth-order valence-corrected chi connectivity index (χ4v) is 2.65. The fourth-order valence-electron chi connectivity index (χ4n) is 2.65. The Balaban J connectivity index is 2.50. The highest BCUT2D eigenvalue weighted by Crippen LogP contribution is 2.38. The minimum Gasteiger partial charge on any atom is -0.507 e. The van der Waals surface area contributed by atoms with Crippen LogP contribution in [0.3, 0.4) is 0 Å². The second-order valence-electron chi connectivity index (χ2n) is 5.17. The lowest BCUT2D eigenvalue weighted by Crippen LogP contribution is -2.03. The molecule has 1 aromatic heterocycles. The van der Waals surface area contributed by atoms with Gasteiger partial charge < -0.3 is 19.4 Å². The fraction of sp³-hybridized carbons (Fsp3) is 0.235. The third-order valence-electron chi connectivity index (χ3n) is 3.63. The Kier molecular flexibility index (Phi) is 3.41. The molecule has 0 radical (unpaired) electrons. The maximum Gasteiger partial charge on any atom is 0.196 e. The molecular formula is C17H16O5. The summed E-state index contributed by atoms with van der Waals surface area (Å²) in [5.74, 6) is 0.751. The van der Waals surface area contributed by atoms with Crippen molar-refractivity contribution in [3.63, 3.8) is 0 Å². The van der Waals surface area contributed by atoms with E-state index in [4.69, 9.17) is 9.15 Å². The molecule has 0 saturated heterocycles. The van der Waals surface area contributed by atoms with Crippen LogP contribution in [0.15, 0.2) is 33.5 Å². The number of rotatable bonds is 3. The van der Waals surface area contributed by atoms with Crippen LogP contribution in [0.2, 0.25) is 0 Å². The molecule has 2 aromatic carbocycles. The molecule has 0 aliphatic carbocycles. The minimum atomic E-state index is -0.320. The van der Waals surface area contributed by atoms with Crippen LogP contribution in [0.4, 0.5) is 0 Å². The number of aromatic hydroxyl groups is 2. The predicted molar refractivity (Wildman–Crippen MR) is 83.9 cm³/mol. The smallest absolute Gasteiger partial charge is 0.196 e. The number of hydrogen-bond acceptors (Lipinski definition) is 5. The van der Waals surface area contributed by atoms with Crippen LogP contribution < -0.4 is 10.2 Å². The van der Waals surface area contributed by atoms with Crippen molar-refractivity contribution >= 4 is 21.7 Å². The summed E-state index contributed by atoms with van der Waals surface area (Å²) in [6.45, 7) is 1.98. The predicted octanol–water partition coefficient (Wildman–Crippen LogP) is 3.32. The Morgan fingerprint density at radius 1 is 1.09 bits per heavy atom. The third-order valence-corrected chi connectivity index (χ3v) is 3.63. The van der Waals surface area contributed by atoms with Crippen LogP contribution in [0.1, 0.15) is 19.1 Å². The first-order valence-electron chi connectivity index (χ1n) is 7.04. The van der Waals surface area contributed by atoms with E-state index in [-0.39, 0.29) is 27.9 Å². The van der Waals surface area contributed by atoms with Gasteiger partial charge in [-0.05, 0) is 23.9 Å². The molecule has 2 N–H and O–H groups in total. The van der Waals surface area contributed by atoms with Crippen molar-refractivity contribution in [2.24, 2.45) is 0 Å². The lowest BCUT2D eigenvalue weighted by Gasteiger charge is -2.10. The molecule has 0 fully saturated rings. The highest BCUT2D eigenvalue weighted by atomic mass is 16.5. The van der Waals surface area contributed by atoms with Crippen LogP contribution in [-0.2, 0) is 6.42 Å². The van der Waals surface area contributed by atoms with E-state index < -0.39 is 0 Å². The summed E-state index contributed by atoms with van der Waals surface area (Å²) in [4.78, 5) is 12.2. The van der Waals surface area contributed by atoms with E-state index in [1.54, 1.807) is 6.07 Å². The number of phenols is 2. The maximum atomic E-state index is 12.2. The summed E-state index contributed by atoms with van der Waals surface area (Å²) < 4.78 is 10.9. The molecule has 5 heteroatoms. The molecule has 5 nitrogen and oxygen atoms in total. The molecule has 0 aliphatic rings. The average Bonchev–Trinajstić information content (AvgIpc) is 2.46. The number of phenolic OH excluding ortho intramolecular Hbond substituents is 2. The normalized spacial score (nSPS) is 11.2. The first-order chi connectivity index (χ1) is 10.5. The Bertz CT molecular complexity index is 924. The Labute approximate surface area is 126 Å². The summed E-state index contributed by atoms with van der Waals surface area (Å²) in [6, 6.07) is 5.93. The van der Waals surface area contributed by atoms with Crippen molar-refractivity contribution in [2.45, 2.75) is 19.8 Å². The standard InChI is InChI=1S/C17H16O5/c1-3-4-10-7-14(20)16-12(18)6-9-5-11(21-2)8-13(19)15(9)17(16)22-10/h5-8,18-19H,3-4H2,1-2H3. The molecule has 0 bridgehead atoms. The molecule has 3 aromatic rings. The van der Waals surface area contributed by atoms with E-state index in [1.165, 1.54) is 25.3 Å². The van der Waals surface area contributed by atoms with Gasteiger partial charge in [-0.25, -0.2) is 0 Å². The van der Waals surface area contributed by atoms with Gasteiger partial charge in [0, 0.05) is 18.6 Å².